The van der Waals surface area contributed by atoms with Crippen molar-refractivity contribution in [1.29, 1.82) is 0 Å². The number of ether oxygens (including phenoxy) is 1. The third-order valence-corrected chi connectivity index (χ3v) is 3.77. The number of benzene rings is 1. The normalized spacial score (nSPS) is 17.8. The lowest BCUT2D eigenvalue weighted by atomic mass is 9.94. The van der Waals surface area contributed by atoms with E-state index in [0.29, 0.717) is 45.1 Å². The first-order valence-electron chi connectivity index (χ1n) is 7.79. The van der Waals surface area contributed by atoms with Gasteiger partial charge in [-0.2, -0.15) is 0 Å². The van der Waals surface area contributed by atoms with Crippen molar-refractivity contribution in [2.45, 2.75) is 31.9 Å². The fourth-order valence-corrected chi connectivity index (χ4v) is 2.35. The van der Waals surface area contributed by atoms with E-state index < -0.39 is 17.2 Å². The van der Waals surface area contributed by atoms with Gasteiger partial charge >= 0.3 is 0 Å². The molecular formula is C16H23F2N3O2. The fourth-order valence-electron chi connectivity index (χ4n) is 2.35. The SMILES string of the molecule is CCNC(=NCc1cc(F)ccc1F)NCC1(O)CCOCC1. The number of rotatable bonds is 5. The number of guanidine groups is 1. The zero-order chi connectivity index (χ0) is 16.7. The van der Waals surface area contributed by atoms with E-state index in [1.54, 1.807) is 0 Å². The van der Waals surface area contributed by atoms with E-state index >= 15 is 0 Å². The molecule has 0 aliphatic carbocycles. The third-order valence-electron chi connectivity index (χ3n) is 3.77. The van der Waals surface area contributed by atoms with Crippen molar-refractivity contribution in [3.05, 3.63) is 35.4 Å². The van der Waals surface area contributed by atoms with Crippen LogP contribution in [-0.4, -0.2) is 43.0 Å². The van der Waals surface area contributed by atoms with Gasteiger partial charge in [0, 0.05) is 44.7 Å². The Balaban J connectivity index is 1.98. The van der Waals surface area contributed by atoms with Gasteiger partial charge < -0.3 is 20.5 Å². The van der Waals surface area contributed by atoms with Gasteiger partial charge in [0.25, 0.3) is 0 Å². The Labute approximate surface area is 134 Å². The van der Waals surface area contributed by atoms with Crippen LogP contribution in [0.15, 0.2) is 23.2 Å². The monoisotopic (exact) mass is 327 g/mol. The molecule has 1 aliphatic heterocycles. The molecule has 0 radical (unpaired) electrons. The molecule has 1 aromatic carbocycles. The van der Waals surface area contributed by atoms with Gasteiger partial charge in [0.05, 0.1) is 12.1 Å². The first kappa shape index (κ1) is 17.6. The Morgan fingerprint density at radius 1 is 1.30 bits per heavy atom. The molecule has 0 spiro atoms. The summed E-state index contributed by atoms with van der Waals surface area (Å²) in [6.45, 7) is 3.93. The summed E-state index contributed by atoms with van der Waals surface area (Å²) in [6, 6.07) is 3.30. The molecule has 1 aliphatic rings. The zero-order valence-corrected chi connectivity index (χ0v) is 13.2. The van der Waals surface area contributed by atoms with E-state index in [0.717, 1.165) is 18.2 Å². The Hall–Kier alpha value is -1.73. The van der Waals surface area contributed by atoms with Crippen molar-refractivity contribution in [1.82, 2.24) is 10.6 Å². The van der Waals surface area contributed by atoms with Crippen LogP contribution in [0, 0.1) is 11.6 Å². The van der Waals surface area contributed by atoms with E-state index in [4.69, 9.17) is 4.74 Å². The van der Waals surface area contributed by atoms with Gasteiger partial charge in [0.15, 0.2) is 5.96 Å². The van der Waals surface area contributed by atoms with Crippen molar-refractivity contribution in [3.8, 4) is 0 Å². The van der Waals surface area contributed by atoms with Crippen molar-refractivity contribution in [2.24, 2.45) is 4.99 Å². The molecule has 0 atom stereocenters. The molecule has 0 amide bonds. The minimum absolute atomic E-state index is 0.0144. The highest BCUT2D eigenvalue weighted by Gasteiger charge is 2.29. The zero-order valence-electron chi connectivity index (χ0n) is 13.2. The Kier molecular flexibility index (Phi) is 6.29. The molecule has 1 heterocycles. The third kappa shape index (κ3) is 5.44. The maximum absolute atomic E-state index is 13.6. The van der Waals surface area contributed by atoms with E-state index in [-0.39, 0.29) is 12.1 Å². The molecule has 1 fully saturated rings. The number of aliphatic hydroxyl groups is 1. The second kappa shape index (κ2) is 8.21. The van der Waals surface area contributed by atoms with E-state index in [1.165, 1.54) is 0 Å². The van der Waals surface area contributed by atoms with Crippen molar-refractivity contribution in [3.63, 3.8) is 0 Å². The number of hydrogen-bond donors (Lipinski definition) is 3. The van der Waals surface area contributed by atoms with Gasteiger partial charge in [-0.1, -0.05) is 0 Å². The molecule has 0 unspecified atom stereocenters. The van der Waals surface area contributed by atoms with Crippen LogP contribution >= 0.6 is 0 Å². The number of nitrogens with one attached hydrogen (secondary N) is 2. The minimum atomic E-state index is -0.835. The number of halogens is 2. The standard InChI is InChI=1S/C16H23F2N3O2/c1-2-19-15(21-11-16(22)5-7-23-8-6-16)20-10-12-9-13(17)3-4-14(12)18/h3-4,9,22H,2,5-8,10-11H2,1H3,(H2,19,20,21). The highest BCUT2D eigenvalue weighted by molar-refractivity contribution is 5.79. The van der Waals surface area contributed by atoms with Crippen LogP contribution in [0.3, 0.4) is 0 Å². The predicted molar refractivity (Wildman–Crippen MR) is 84.2 cm³/mol. The van der Waals surface area contributed by atoms with Gasteiger partial charge in [-0.05, 0) is 25.1 Å². The molecule has 0 bridgehead atoms. The molecule has 5 nitrogen and oxygen atoms in total. The summed E-state index contributed by atoms with van der Waals surface area (Å²) in [5, 5.41) is 16.5. The lowest BCUT2D eigenvalue weighted by Gasteiger charge is -2.32. The summed E-state index contributed by atoms with van der Waals surface area (Å²) in [4.78, 5) is 4.25. The molecule has 2 rings (SSSR count). The van der Waals surface area contributed by atoms with Crippen LogP contribution in [0.1, 0.15) is 25.3 Å². The van der Waals surface area contributed by atoms with Gasteiger partial charge in [0.2, 0.25) is 0 Å². The Bertz CT molecular complexity index is 546. The largest absolute Gasteiger partial charge is 0.388 e. The van der Waals surface area contributed by atoms with Gasteiger partial charge in [-0.15, -0.1) is 0 Å². The smallest absolute Gasteiger partial charge is 0.191 e. The van der Waals surface area contributed by atoms with Crippen LogP contribution < -0.4 is 10.6 Å². The van der Waals surface area contributed by atoms with E-state index in [1.807, 2.05) is 6.92 Å². The van der Waals surface area contributed by atoms with Crippen LogP contribution in [0.5, 0.6) is 0 Å². The summed E-state index contributed by atoms with van der Waals surface area (Å²) < 4.78 is 32.0. The van der Waals surface area contributed by atoms with Crippen LogP contribution in [0.4, 0.5) is 8.78 Å². The van der Waals surface area contributed by atoms with Crippen molar-refractivity contribution in [2.75, 3.05) is 26.3 Å². The van der Waals surface area contributed by atoms with Crippen LogP contribution in [0.2, 0.25) is 0 Å². The Morgan fingerprint density at radius 2 is 2.04 bits per heavy atom. The quantitative estimate of drug-likeness (QED) is 0.567. The summed E-state index contributed by atoms with van der Waals surface area (Å²) in [6.07, 6.45) is 1.11. The van der Waals surface area contributed by atoms with Gasteiger partial charge in [-0.25, -0.2) is 13.8 Å². The highest BCUT2D eigenvalue weighted by Crippen LogP contribution is 2.19. The molecule has 7 heteroatoms. The first-order chi connectivity index (χ1) is 11.0. The first-order valence-corrected chi connectivity index (χ1v) is 7.79. The van der Waals surface area contributed by atoms with E-state index in [2.05, 4.69) is 15.6 Å². The average Bonchev–Trinajstić information content (AvgIpc) is 2.54. The second-order valence-corrected chi connectivity index (χ2v) is 5.62. The summed E-state index contributed by atoms with van der Waals surface area (Å²) >= 11 is 0. The topological polar surface area (TPSA) is 65.9 Å². The van der Waals surface area contributed by atoms with Crippen molar-refractivity contribution >= 4 is 5.96 Å². The van der Waals surface area contributed by atoms with Gasteiger partial charge in [-0.3, -0.25) is 0 Å². The summed E-state index contributed by atoms with van der Waals surface area (Å²) in [7, 11) is 0. The lowest BCUT2D eigenvalue weighted by molar-refractivity contribution is -0.0594. The Morgan fingerprint density at radius 3 is 2.74 bits per heavy atom. The molecule has 0 aromatic heterocycles. The minimum Gasteiger partial charge on any atom is -0.388 e. The number of aliphatic imine (C=N–C) groups is 1. The van der Waals surface area contributed by atoms with Crippen LogP contribution in [0.25, 0.3) is 0 Å². The number of hydrogen-bond acceptors (Lipinski definition) is 3. The molecule has 1 aromatic rings. The molecule has 128 valence electrons. The van der Waals surface area contributed by atoms with Crippen LogP contribution in [-0.2, 0) is 11.3 Å². The maximum atomic E-state index is 13.6. The predicted octanol–water partition coefficient (Wildman–Crippen LogP) is 1.56. The fraction of sp³-hybridized carbons (Fsp3) is 0.562. The molecule has 0 saturated carbocycles. The number of nitrogens with zero attached hydrogens (tertiary/aromatic N) is 1. The molecule has 1 saturated heterocycles. The van der Waals surface area contributed by atoms with Crippen molar-refractivity contribution < 1.29 is 18.6 Å². The second-order valence-electron chi connectivity index (χ2n) is 5.62. The molecule has 3 N–H and O–H groups in total. The summed E-state index contributed by atoms with van der Waals surface area (Å²) in [5.74, 6) is -0.531. The van der Waals surface area contributed by atoms with E-state index in [9.17, 15) is 13.9 Å². The highest BCUT2D eigenvalue weighted by atomic mass is 19.1. The molecule has 23 heavy (non-hydrogen) atoms. The average molecular weight is 327 g/mol. The molecular weight excluding hydrogens is 304 g/mol. The maximum Gasteiger partial charge on any atom is 0.191 e. The lowest BCUT2D eigenvalue weighted by Crippen LogP contribution is -2.49. The summed E-state index contributed by atoms with van der Waals surface area (Å²) in [5.41, 5.74) is -0.648. The van der Waals surface area contributed by atoms with Gasteiger partial charge in [0.1, 0.15) is 11.6 Å².